The van der Waals surface area contributed by atoms with Crippen LogP contribution >= 0.6 is 0 Å². The lowest BCUT2D eigenvalue weighted by Crippen LogP contribution is -2.05. The summed E-state index contributed by atoms with van der Waals surface area (Å²) in [5.41, 5.74) is 0.544. The highest BCUT2D eigenvalue weighted by molar-refractivity contribution is 5.89. The summed E-state index contributed by atoms with van der Waals surface area (Å²) in [6, 6.07) is 8.83. The van der Waals surface area contributed by atoms with Gasteiger partial charge in [0.05, 0.1) is 19.3 Å². The quantitative estimate of drug-likeness (QED) is 0.440. The SMILES string of the molecule is COC(=O)/C=C/CCCOC(=O)c1ccccc1. The molecule has 1 aromatic rings. The summed E-state index contributed by atoms with van der Waals surface area (Å²) in [5.74, 6) is -0.705. The molecule has 0 spiro atoms. The molecule has 1 rings (SSSR count). The van der Waals surface area contributed by atoms with Crippen LogP contribution in [0.15, 0.2) is 42.5 Å². The molecule has 0 unspecified atom stereocenters. The second-order valence-electron chi connectivity index (χ2n) is 3.57. The molecule has 0 aromatic heterocycles. The van der Waals surface area contributed by atoms with Crippen LogP contribution in [0.1, 0.15) is 23.2 Å². The summed E-state index contributed by atoms with van der Waals surface area (Å²) < 4.78 is 9.51. The van der Waals surface area contributed by atoms with Gasteiger partial charge in [0.15, 0.2) is 0 Å². The van der Waals surface area contributed by atoms with Gasteiger partial charge in [-0.3, -0.25) is 0 Å². The third-order valence-electron chi connectivity index (χ3n) is 2.21. The fraction of sp³-hybridized carbons (Fsp3) is 0.286. The van der Waals surface area contributed by atoms with E-state index in [2.05, 4.69) is 4.74 Å². The molecule has 0 heterocycles. The summed E-state index contributed by atoms with van der Waals surface area (Å²) in [7, 11) is 1.33. The molecule has 4 heteroatoms. The van der Waals surface area contributed by atoms with Gasteiger partial charge in [-0.1, -0.05) is 24.3 Å². The molecule has 4 nitrogen and oxygen atoms in total. The van der Waals surface area contributed by atoms with E-state index in [4.69, 9.17) is 4.74 Å². The summed E-state index contributed by atoms with van der Waals surface area (Å²) in [6.07, 6.45) is 4.39. The Labute approximate surface area is 106 Å². The predicted octanol–water partition coefficient (Wildman–Crippen LogP) is 2.35. The van der Waals surface area contributed by atoms with Crippen LogP contribution in [0.2, 0.25) is 0 Å². The maximum absolute atomic E-state index is 11.5. The Morgan fingerprint density at radius 2 is 1.94 bits per heavy atom. The van der Waals surface area contributed by atoms with Gasteiger partial charge in [0, 0.05) is 6.08 Å². The third-order valence-corrected chi connectivity index (χ3v) is 2.21. The lowest BCUT2D eigenvalue weighted by molar-refractivity contribution is -0.134. The second kappa shape index (κ2) is 8.06. The van der Waals surface area contributed by atoms with Crippen molar-refractivity contribution < 1.29 is 19.1 Å². The summed E-state index contributed by atoms with van der Waals surface area (Å²) in [5, 5.41) is 0. The number of allylic oxidation sites excluding steroid dienone is 1. The lowest BCUT2D eigenvalue weighted by atomic mass is 10.2. The van der Waals surface area contributed by atoms with Crippen LogP contribution in [0.25, 0.3) is 0 Å². The van der Waals surface area contributed by atoms with Crippen LogP contribution in [0.3, 0.4) is 0 Å². The van der Waals surface area contributed by atoms with E-state index < -0.39 is 0 Å². The van der Waals surface area contributed by atoms with E-state index in [0.29, 0.717) is 25.0 Å². The van der Waals surface area contributed by atoms with Gasteiger partial charge >= 0.3 is 11.9 Å². The number of hydrogen-bond acceptors (Lipinski definition) is 4. The Balaban J connectivity index is 2.17. The average molecular weight is 248 g/mol. The van der Waals surface area contributed by atoms with E-state index in [1.54, 1.807) is 30.3 Å². The maximum atomic E-state index is 11.5. The Hall–Kier alpha value is -2.10. The van der Waals surface area contributed by atoms with Crippen molar-refractivity contribution in [3.8, 4) is 0 Å². The van der Waals surface area contributed by atoms with Crippen molar-refractivity contribution in [2.75, 3.05) is 13.7 Å². The normalized spacial score (nSPS) is 10.3. The molecule has 0 amide bonds. The zero-order valence-corrected chi connectivity index (χ0v) is 10.3. The van der Waals surface area contributed by atoms with Gasteiger partial charge in [-0.25, -0.2) is 9.59 Å². The Morgan fingerprint density at radius 3 is 2.61 bits per heavy atom. The molecule has 0 saturated heterocycles. The minimum absolute atomic E-state index is 0.326. The molecule has 0 saturated carbocycles. The van der Waals surface area contributed by atoms with Crippen molar-refractivity contribution in [3.05, 3.63) is 48.0 Å². The third kappa shape index (κ3) is 5.30. The second-order valence-corrected chi connectivity index (χ2v) is 3.57. The first-order valence-electron chi connectivity index (χ1n) is 5.70. The monoisotopic (exact) mass is 248 g/mol. The van der Waals surface area contributed by atoms with E-state index in [1.165, 1.54) is 13.2 Å². The van der Waals surface area contributed by atoms with Gasteiger partial charge in [0.2, 0.25) is 0 Å². The first-order chi connectivity index (χ1) is 8.74. The van der Waals surface area contributed by atoms with Crippen LogP contribution in [-0.4, -0.2) is 25.7 Å². The van der Waals surface area contributed by atoms with Gasteiger partial charge in [-0.15, -0.1) is 0 Å². The molecule has 96 valence electrons. The number of rotatable bonds is 6. The Kier molecular flexibility index (Phi) is 6.25. The van der Waals surface area contributed by atoms with Crippen molar-refractivity contribution in [2.24, 2.45) is 0 Å². The first kappa shape index (κ1) is 14.0. The van der Waals surface area contributed by atoms with Crippen molar-refractivity contribution in [1.82, 2.24) is 0 Å². The van der Waals surface area contributed by atoms with Crippen LogP contribution in [0.4, 0.5) is 0 Å². The van der Waals surface area contributed by atoms with E-state index >= 15 is 0 Å². The summed E-state index contributed by atoms with van der Waals surface area (Å²) in [6.45, 7) is 0.333. The van der Waals surface area contributed by atoms with E-state index in [-0.39, 0.29) is 11.9 Å². The zero-order chi connectivity index (χ0) is 13.2. The molecule has 0 aliphatic rings. The van der Waals surface area contributed by atoms with Crippen LogP contribution < -0.4 is 0 Å². The average Bonchev–Trinajstić information content (AvgIpc) is 2.43. The molecular formula is C14H16O4. The molecule has 1 aromatic carbocycles. The minimum Gasteiger partial charge on any atom is -0.466 e. The van der Waals surface area contributed by atoms with Crippen LogP contribution in [0, 0.1) is 0 Å². The van der Waals surface area contributed by atoms with Gasteiger partial charge < -0.3 is 9.47 Å². The molecule has 0 radical (unpaired) electrons. The Bertz CT molecular complexity index is 409. The topological polar surface area (TPSA) is 52.6 Å². The lowest BCUT2D eigenvalue weighted by Gasteiger charge is -2.03. The first-order valence-corrected chi connectivity index (χ1v) is 5.70. The summed E-state index contributed by atoms with van der Waals surface area (Å²) >= 11 is 0. The number of methoxy groups -OCH3 is 1. The molecule has 0 N–H and O–H groups in total. The zero-order valence-electron chi connectivity index (χ0n) is 10.3. The fourth-order valence-electron chi connectivity index (χ4n) is 1.27. The van der Waals surface area contributed by atoms with Gasteiger partial charge in [-0.05, 0) is 25.0 Å². The molecular weight excluding hydrogens is 232 g/mol. The highest BCUT2D eigenvalue weighted by atomic mass is 16.5. The number of esters is 2. The molecule has 0 aliphatic carbocycles. The predicted molar refractivity (Wildman–Crippen MR) is 67.1 cm³/mol. The number of ether oxygens (including phenoxy) is 2. The number of unbranched alkanes of at least 4 members (excludes halogenated alkanes) is 1. The van der Waals surface area contributed by atoms with E-state index in [0.717, 1.165) is 0 Å². The number of hydrogen-bond donors (Lipinski definition) is 0. The van der Waals surface area contributed by atoms with Crippen LogP contribution in [-0.2, 0) is 14.3 Å². The highest BCUT2D eigenvalue weighted by Gasteiger charge is 2.04. The molecule has 0 bridgehead atoms. The largest absolute Gasteiger partial charge is 0.466 e. The smallest absolute Gasteiger partial charge is 0.338 e. The van der Waals surface area contributed by atoms with E-state index in [9.17, 15) is 9.59 Å². The van der Waals surface area contributed by atoms with Crippen molar-refractivity contribution >= 4 is 11.9 Å². The van der Waals surface area contributed by atoms with Gasteiger partial charge in [0.1, 0.15) is 0 Å². The number of carbonyl (C=O) groups excluding carboxylic acids is 2. The van der Waals surface area contributed by atoms with Crippen LogP contribution in [0.5, 0.6) is 0 Å². The van der Waals surface area contributed by atoms with Crippen molar-refractivity contribution in [1.29, 1.82) is 0 Å². The van der Waals surface area contributed by atoms with Gasteiger partial charge in [-0.2, -0.15) is 0 Å². The molecule has 0 atom stereocenters. The van der Waals surface area contributed by atoms with Gasteiger partial charge in [0.25, 0.3) is 0 Å². The fourth-order valence-corrected chi connectivity index (χ4v) is 1.27. The number of benzene rings is 1. The van der Waals surface area contributed by atoms with E-state index in [1.807, 2.05) is 6.07 Å². The number of carbonyl (C=O) groups is 2. The molecule has 0 fully saturated rings. The minimum atomic E-state index is -0.378. The molecule has 18 heavy (non-hydrogen) atoms. The highest BCUT2D eigenvalue weighted by Crippen LogP contribution is 2.02. The summed E-state index contributed by atoms with van der Waals surface area (Å²) in [4.78, 5) is 22.3. The molecule has 0 aliphatic heterocycles. The standard InChI is InChI=1S/C14H16O4/c1-17-13(15)10-6-3-7-11-18-14(16)12-8-4-2-5-9-12/h2,4-6,8-10H,3,7,11H2,1H3/b10-6+. The Morgan fingerprint density at radius 1 is 1.22 bits per heavy atom. The van der Waals surface area contributed by atoms with Crippen molar-refractivity contribution in [2.45, 2.75) is 12.8 Å². The maximum Gasteiger partial charge on any atom is 0.338 e. The van der Waals surface area contributed by atoms with Crippen molar-refractivity contribution in [3.63, 3.8) is 0 Å².